The van der Waals surface area contributed by atoms with E-state index < -0.39 is 133 Å². The van der Waals surface area contributed by atoms with Crippen molar-refractivity contribution in [3.63, 3.8) is 0 Å². The lowest BCUT2D eigenvalue weighted by Crippen LogP contribution is -2.64. The highest BCUT2D eigenvalue weighted by atomic mass is 16.8. The van der Waals surface area contributed by atoms with Crippen molar-refractivity contribution in [1.29, 1.82) is 0 Å². The molecule has 4 aromatic rings. The minimum atomic E-state index is -2.03. The summed E-state index contributed by atoms with van der Waals surface area (Å²) >= 11 is 0. The molecule has 15 atom stereocenters. The molecule has 3 saturated heterocycles. The second kappa shape index (κ2) is 18.8. The van der Waals surface area contributed by atoms with Crippen LogP contribution < -0.4 is 10.2 Å². The number of esters is 1. The van der Waals surface area contributed by atoms with Crippen LogP contribution in [0, 0.1) is 0 Å². The predicted octanol–water partition coefficient (Wildman–Crippen LogP) is -0.571. The molecule has 0 aliphatic carbocycles. The molecule has 340 valence electrons. The summed E-state index contributed by atoms with van der Waals surface area (Å²) in [7, 11) is 0. The zero-order chi connectivity index (χ0) is 45.4. The summed E-state index contributed by atoms with van der Waals surface area (Å²) in [6.45, 7) is 2.09. The highest BCUT2D eigenvalue weighted by Crippen LogP contribution is 2.38. The molecule has 3 aliphatic heterocycles. The first-order valence-electron chi connectivity index (χ1n) is 19.6. The van der Waals surface area contributed by atoms with E-state index in [1.807, 2.05) is 0 Å². The normalized spacial score (nSPS) is 33.6. The molecule has 3 aliphatic rings. The number of phenolic OH excluding ortho intramolecular Hbond substituents is 4. The maximum Gasteiger partial charge on any atom is 0.331 e. The molecule has 1 aromatic heterocycles. The van der Waals surface area contributed by atoms with Gasteiger partial charge in [-0.15, -0.1) is 0 Å². The Hall–Kier alpha value is -5.40. The van der Waals surface area contributed by atoms with E-state index in [1.165, 1.54) is 68.5 Å². The fraction of sp³-hybridized carbons (Fsp3) is 0.429. The Morgan fingerprint density at radius 1 is 0.667 bits per heavy atom. The van der Waals surface area contributed by atoms with Gasteiger partial charge in [0.05, 0.1) is 18.8 Å². The first-order valence-corrected chi connectivity index (χ1v) is 19.6. The van der Waals surface area contributed by atoms with Crippen LogP contribution in [0.2, 0.25) is 0 Å². The van der Waals surface area contributed by atoms with Crippen molar-refractivity contribution in [3.8, 4) is 40.1 Å². The van der Waals surface area contributed by atoms with E-state index >= 15 is 0 Å². The SMILES string of the molecule is CC1OC(OC2C(O)C(OCC3OC(Oc4c(-c5ccc(O)cc5)oc5cc(O)cc(O)c5c4=O)C(O)C(O)C3O)OC(C)C2OC(=O)C=Cc2ccc(O)cc2)C(O)C(O)C1O. The molecule has 4 heterocycles. The van der Waals surface area contributed by atoms with Gasteiger partial charge in [0.25, 0.3) is 0 Å². The van der Waals surface area contributed by atoms with Crippen molar-refractivity contribution in [2.45, 2.75) is 106 Å². The summed E-state index contributed by atoms with van der Waals surface area (Å²) in [5.74, 6) is -3.17. The Morgan fingerprint density at radius 2 is 1.29 bits per heavy atom. The Labute approximate surface area is 356 Å². The first-order chi connectivity index (χ1) is 29.9. The average molecular weight is 887 g/mol. The van der Waals surface area contributed by atoms with Crippen molar-refractivity contribution >= 4 is 23.0 Å². The molecule has 15 unspecified atom stereocenters. The highest BCUT2D eigenvalue weighted by Gasteiger charge is 2.52. The Morgan fingerprint density at radius 3 is 1.97 bits per heavy atom. The molecule has 3 aromatic carbocycles. The van der Waals surface area contributed by atoms with Gasteiger partial charge in [-0.2, -0.15) is 0 Å². The summed E-state index contributed by atoms with van der Waals surface area (Å²) in [4.78, 5) is 26.9. The minimum absolute atomic E-state index is 0.0000108. The van der Waals surface area contributed by atoms with E-state index in [0.717, 1.165) is 18.2 Å². The van der Waals surface area contributed by atoms with Crippen molar-refractivity contribution in [1.82, 2.24) is 0 Å². The van der Waals surface area contributed by atoms with Gasteiger partial charge in [0.1, 0.15) is 88.9 Å². The van der Waals surface area contributed by atoms with Crippen LogP contribution in [0.5, 0.6) is 28.7 Å². The Balaban J connectivity index is 1.12. The number of carbonyl (C=O) groups is 1. The van der Waals surface area contributed by atoms with Crippen LogP contribution >= 0.6 is 0 Å². The predicted molar refractivity (Wildman–Crippen MR) is 211 cm³/mol. The van der Waals surface area contributed by atoms with E-state index in [2.05, 4.69) is 0 Å². The molecule has 0 saturated carbocycles. The van der Waals surface area contributed by atoms with E-state index in [4.69, 9.17) is 37.6 Å². The van der Waals surface area contributed by atoms with Crippen LogP contribution in [-0.2, 0) is 33.2 Å². The van der Waals surface area contributed by atoms with E-state index in [9.17, 15) is 65.8 Å². The Kier molecular flexibility index (Phi) is 13.6. The van der Waals surface area contributed by atoms with Crippen molar-refractivity contribution in [2.24, 2.45) is 0 Å². The smallest absolute Gasteiger partial charge is 0.331 e. The molecule has 21 heteroatoms. The molecule has 0 spiro atoms. The van der Waals surface area contributed by atoms with Crippen LogP contribution in [0.3, 0.4) is 0 Å². The molecule has 3 fully saturated rings. The number of benzene rings is 3. The maximum atomic E-state index is 13.9. The molecule has 0 bridgehead atoms. The van der Waals surface area contributed by atoms with Gasteiger partial charge in [0.2, 0.25) is 17.5 Å². The molecule has 0 amide bonds. The number of hydrogen-bond donors (Lipinski definition) is 11. The number of carbonyl (C=O) groups excluding carboxylic acids is 1. The Bertz CT molecular complexity index is 2320. The summed E-state index contributed by atoms with van der Waals surface area (Å²) in [6, 6.07) is 13.0. The number of fused-ring (bicyclic) bond motifs is 1. The number of phenols is 4. The summed E-state index contributed by atoms with van der Waals surface area (Å²) in [5, 5.41) is 116. The molecule has 7 rings (SSSR count). The number of hydrogen-bond acceptors (Lipinski definition) is 21. The second-order valence-corrected chi connectivity index (χ2v) is 15.2. The molecular weight excluding hydrogens is 840 g/mol. The van der Waals surface area contributed by atoms with Gasteiger partial charge in [-0.1, -0.05) is 12.1 Å². The topological polar surface area (TPSA) is 334 Å². The fourth-order valence-corrected chi connectivity index (χ4v) is 7.28. The van der Waals surface area contributed by atoms with Gasteiger partial charge in [-0.3, -0.25) is 4.79 Å². The average Bonchev–Trinajstić information content (AvgIpc) is 3.24. The summed E-state index contributed by atoms with van der Waals surface area (Å²) in [6.07, 6.45) is -22.7. The number of aliphatic hydroxyl groups excluding tert-OH is 7. The quantitative estimate of drug-likeness (QED) is 0.0663. The van der Waals surface area contributed by atoms with Crippen molar-refractivity contribution in [2.75, 3.05) is 6.61 Å². The molecular formula is C42H46O21. The van der Waals surface area contributed by atoms with E-state index in [-0.39, 0.29) is 28.4 Å². The molecule has 11 N–H and O–H groups in total. The lowest BCUT2D eigenvalue weighted by Gasteiger charge is -2.46. The number of ether oxygens (including phenoxy) is 7. The van der Waals surface area contributed by atoms with E-state index in [1.54, 1.807) is 0 Å². The number of aliphatic hydroxyl groups is 7. The van der Waals surface area contributed by atoms with Crippen LogP contribution in [0.1, 0.15) is 19.4 Å². The van der Waals surface area contributed by atoms with Gasteiger partial charge in [0, 0.05) is 23.8 Å². The monoisotopic (exact) mass is 886 g/mol. The summed E-state index contributed by atoms with van der Waals surface area (Å²) < 4.78 is 46.4. The third-order valence-electron chi connectivity index (χ3n) is 10.8. The lowest BCUT2D eigenvalue weighted by molar-refractivity contribution is -0.359. The minimum Gasteiger partial charge on any atom is -0.508 e. The largest absolute Gasteiger partial charge is 0.508 e. The van der Waals surface area contributed by atoms with Crippen molar-refractivity contribution < 1.29 is 98.5 Å². The van der Waals surface area contributed by atoms with Crippen LogP contribution in [0.15, 0.2) is 76.0 Å². The molecule has 63 heavy (non-hydrogen) atoms. The van der Waals surface area contributed by atoms with Gasteiger partial charge < -0.3 is 93.7 Å². The highest BCUT2D eigenvalue weighted by molar-refractivity contribution is 5.88. The fourth-order valence-electron chi connectivity index (χ4n) is 7.28. The first kappa shape index (κ1) is 45.6. The number of aromatic hydroxyl groups is 4. The van der Waals surface area contributed by atoms with Crippen LogP contribution in [0.25, 0.3) is 28.4 Å². The van der Waals surface area contributed by atoms with Crippen LogP contribution in [0.4, 0.5) is 0 Å². The zero-order valence-corrected chi connectivity index (χ0v) is 33.3. The van der Waals surface area contributed by atoms with Crippen molar-refractivity contribution in [3.05, 3.63) is 82.5 Å². The maximum absolute atomic E-state index is 13.9. The standard InChI is InChI=1S/C42H46O21/c1-16-28(48)31(51)33(53)41(57-16)63-39-35(55)40(58-17(2)36(39)61-26(47)12-5-18-3-8-20(43)9-4-18)56-15-25-29(49)32(52)34(54)42(60-25)62-38-30(50)27-23(46)13-22(45)14-24(27)59-37(38)19-6-10-21(44)11-7-19/h3-14,16-17,25,28-29,31-36,39-46,48-49,51-55H,15H2,1-2H3. The zero-order valence-electron chi connectivity index (χ0n) is 33.3. The third-order valence-corrected chi connectivity index (χ3v) is 10.8. The van der Waals surface area contributed by atoms with E-state index in [0.29, 0.717) is 5.56 Å². The molecule has 21 nitrogen and oxygen atoms in total. The third kappa shape index (κ3) is 9.60. The number of rotatable bonds is 11. The van der Waals surface area contributed by atoms with Gasteiger partial charge in [-0.25, -0.2) is 4.79 Å². The van der Waals surface area contributed by atoms with Gasteiger partial charge in [-0.05, 0) is 61.9 Å². The van der Waals surface area contributed by atoms with Gasteiger partial charge >= 0.3 is 5.97 Å². The molecule has 0 radical (unpaired) electrons. The van der Waals surface area contributed by atoms with Gasteiger partial charge in [0.15, 0.2) is 24.4 Å². The van der Waals surface area contributed by atoms with Crippen LogP contribution in [-0.4, -0.2) is 161 Å². The summed E-state index contributed by atoms with van der Waals surface area (Å²) in [5.41, 5.74) is -0.601. The second-order valence-electron chi connectivity index (χ2n) is 15.2. The lowest BCUT2D eigenvalue weighted by atomic mass is 9.97.